The van der Waals surface area contributed by atoms with Crippen LogP contribution in [0.3, 0.4) is 0 Å². The second-order valence-electron chi connectivity index (χ2n) is 6.23. The maximum absolute atomic E-state index is 5.95. The van der Waals surface area contributed by atoms with Crippen LogP contribution in [-0.4, -0.2) is 15.9 Å². The second-order valence-corrected chi connectivity index (χ2v) is 6.23. The zero-order chi connectivity index (χ0) is 15.9. The Morgan fingerprint density at radius 2 is 1.82 bits per heavy atom. The van der Waals surface area contributed by atoms with E-state index in [2.05, 4.69) is 68.6 Å². The van der Waals surface area contributed by atoms with Gasteiger partial charge in [-0.1, -0.05) is 30.7 Å². The average Bonchev–Trinajstić information content (AvgIpc) is 2.84. The molecule has 114 valence electrons. The molecule has 3 nitrogen and oxygen atoms in total. The average molecular weight is 293 g/mol. The highest BCUT2D eigenvalue weighted by Crippen LogP contribution is 2.32. The van der Waals surface area contributed by atoms with Gasteiger partial charge in [-0.25, -0.2) is 4.98 Å². The molecule has 22 heavy (non-hydrogen) atoms. The van der Waals surface area contributed by atoms with Crippen LogP contribution >= 0.6 is 0 Å². The van der Waals surface area contributed by atoms with E-state index in [1.807, 2.05) is 0 Å². The number of pyridine rings is 1. The van der Waals surface area contributed by atoms with Gasteiger partial charge in [-0.2, -0.15) is 0 Å². The summed E-state index contributed by atoms with van der Waals surface area (Å²) in [5.74, 6) is 0.258. The van der Waals surface area contributed by atoms with Gasteiger partial charge in [-0.3, -0.25) is 0 Å². The van der Waals surface area contributed by atoms with Crippen LogP contribution in [0.2, 0.25) is 0 Å². The van der Waals surface area contributed by atoms with E-state index in [1.54, 1.807) is 0 Å². The highest BCUT2D eigenvalue weighted by molar-refractivity contribution is 5.70. The Morgan fingerprint density at radius 1 is 1.09 bits per heavy atom. The van der Waals surface area contributed by atoms with E-state index in [1.165, 1.54) is 27.9 Å². The van der Waals surface area contributed by atoms with E-state index in [0.717, 1.165) is 11.3 Å². The summed E-state index contributed by atoms with van der Waals surface area (Å²) in [5, 5.41) is 0. The van der Waals surface area contributed by atoms with Gasteiger partial charge in [0.1, 0.15) is 5.65 Å². The first kappa shape index (κ1) is 14.8. The van der Waals surface area contributed by atoms with Crippen molar-refractivity contribution in [1.29, 1.82) is 0 Å². The lowest BCUT2D eigenvalue weighted by molar-refractivity contribution is 0.738. The number of rotatable bonds is 3. The number of nitrogens with zero attached hydrogens (tertiary/aromatic N) is 2. The molecule has 2 heterocycles. The minimum absolute atomic E-state index is 0.258. The Hall–Kier alpha value is -2.13. The maximum atomic E-state index is 5.95. The summed E-state index contributed by atoms with van der Waals surface area (Å²) < 4.78 is 2.18. The van der Waals surface area contributed by atoms with E-state index in [-0.39, 0.29) is 5.92 Å². The Balaban J connectivity index is 2.32. The van der Waals surface area contributed by atoms with Gasteiger partial charge in [0.05, 0.1) is 11.4 Å². The Bertz CT molecular complexity index is 830. The fourth-order valence-electron chi connectivity index (χ4n) is 3.03. The molecule has 3 rings (SSSR count). The van der Waals surface area contributed by atoms with Crippen molar-refractivity contribution in [2.75, 3.05) is 6.54 Å². The third-order valence-electron chi connectivity index (χ3n) is 4.28. The molecule has 3 aromatic rings. The Morgan fingerprint density at radius 3 is 2.50 bits per heavy atom. The van der Waals surface area contributed by atoms with Crippen molar-refractivity contribution >= 4 is 5.65 Å². The zero-order valence-corrected chi connectivity index (χ0v) is 13.7. The van der Waals surface area contributed by atoms with Gasteiger partial charge < -0.3 is 10.1 Å². The smallest absolute Gasteiger partial charge is 0.137 e. The molecule has 0 aliphatic rings. The van der Waals surface area contributed by atoms with Gasteiger partial charge in [0.2, 0.25) is 0 Å². The fourth-order valence-corrected chi connectivity index (χ4v) is 3.03. The van der Waals surface area contributed by atoms with Gasteiger partial charge >= 0.3 is 0 Å². The van der Waals surface area contributed by atoms with Crippen LogP contribution in [0.15, 0.2) is 36.5 Å². The summed E-state index contributed by atoms with van der Waals surface area (Å²) in [6.07, 6.45) is 2.10. The van der Waals surface area contributed by atoms with E-state index >= 15 is 0 Å². The normalized spacial score (nSPS) is 12.8. The summed E-state index contributed by atoms with van der Waals surface area (Å²) in [5.41, 5.74) is 14.1. The lowest BCUT2D eigenvalue weighted by Crippen LogP contribution is -2.12. The predicted octanol–water partition coefficient (Wildman–Crippen LogP) is 3.99. The lowest BCUT2D eigenvalue weighted by Gasteiger charge is -2.13. The van der Waals surface area contributed by atoms with E-state index < -0.39 is 0 Å². The molecule has 2 N–H and O–H groups in total. The molecule has 0 spiro atoms. The number of hydrogen-bond donors (Lipinski definition) is 1. The monoisotopic (exact) mass is 293 g/mol. The summed E-state index contributed by atoms with van der Waals surface area (Å²) in [4.78, 5) is 4.91. The number of benzene rings is 1. The van der Waals surface area contributed by atoms with Gasteiger partial charge in [0.25, 0.3) is 0 Å². The molecule has 0 saturated carbocycles. The molecule has 0 radical (unpaired) electrons. The molecule has 3 heteroatoms. The molecule has 0 amide bonds. The Kier molecular flexibility index (Phi) is 3.75. The number of fused-ring (bicyclic) bond motifs is 1. The van der Waals surface area contributed by atoms with Crippen molar-refractivity contribution in [3.05, 3.63) is 58.9 Å². The second kappa shape index (κ2) is 5.58. The topological polar surface area (TPSA) is 43.3 Å². The van der Waals surface area contributed by atoms with Gasteiger partial charge in [0, 0.05) is 24.2 Å². The minimum atomic E-state index is 0.258. The third kappa shape index (κ3) is 2.42. The first-order chi connectivity index (χ1) is 10.5. The van der Waals surface area contributed by atoms with Gasteiger partial charge in [-0.15, -0.1) is 0 Å². The molecule has 0 fully saturated rings. The van der Waals surface area contributed by atoms with E-state index in [9.17, 15) is 0 Å². The predicted molar refractivity (Wildman–Crippen MR) is 92.3 cm³/mol. The number of nitrogens with two attached hydrogens (primary N) is 1. The van der Waals surface area contributed by atoms with Crippen molar-refractivity contribution in [2.24, 2.45) is 5.73 Å². The highest BCUT2D eigenvalue weighted by atomic mass is 15.0. The van der Waals surface area contributed by atoms with E-state index in [0.29, 0.717) is 6.54 Å². The molecule has 2 aromatic heterocycles. The summed E-state index contributed by atoms with van der Waals surface area (Å²) in [6, 6.07) is 10.8. The summed E-state index contributed by atoms with van der Waals surface area (Å²) >= 11 is 0. The molecule has 0 aliphatic carbocycles. The first-order valence-corrected chi connectivity index (χ1v) is 7.77. The minimum Gasteiger partial charge on any atom is -0.330 e. The van der Waals surface area contributed by atoms with Crippen molar-refractivity contribution in [3.8, 4) is 11.3 Å². The maximum Gasteiger partial charge on any atom is 0.137 e. The Labute approximate surface area is 131 Å². The number of aromatic nitrogens is 2. The van der Waals surface area contributed by atoms with Crippen LogP contribution in [0.4, 0.5) is 0 Å². The molecule has 0 saturated heterocycles. The van der Waals surface area contributed by atoms with Gasteiger partial charge in [0.15, 0.2) is 0 Å². The summed E-state index contributed by atoms with van der Waals surface area (Å²) in [6.45, 7) is 9.13. The molecule has 0 aliphatic heterocycles. The first-order valence-electron chi connectivity index (χ1n) is 7.77. The summed E-state index contributed by atoms with van der Waals surface area (Å²) in [7, 11) is 0. The molecule has 0 bridgehead atoms. The highest BCUT2D eigenvalue weighted by Gasteiger charge is 2.19. The standard InChI is InChI=1S/C19H23N3/c1-12-5-6-16(14(3)9-12)18-19(15(4)11-20)22-8-7-13(2)10-17(22)21-18/h5-10,15H,11,20H2,1-4H3. The largest absolute Gasteiger partial charge is 0.330 e. The van der Waals surface area contributed by atoms with Crippen LogP contribution < -0.4 is 5.73 Å². The van der Waals surface area contributed by atoms with Crippen LogP contribution in [0, 0.1) is 20.8 Å². The van der Waals surface area contributed by atoms with Crippen LogP contribution in [0.25, 0.3) is 16.9 Å². The van der Waals surface area contributed by atoms with Crippen molar-refractivity contribution in [1.82, 2.24) is 9.38 Å². The number of imidazole rings is 1. The zero-order valence-electron chi connectivity index (χ0n) is 13.7. The molecule has 1 atom stereocenters. The van der Waals surface area contributed by atoms with Gasteiger partial charge in [-0.05, 0) is 44.0 Å². The third-order valence-corrected chi connectivity index (χ3v) is 4.28. The lowest BCUT2D eigenvalue weighted by atomic mass is 9.97. The molecule has 1 aromatic carbocycles. The SMILES string of the molecule is Cc1ccc(-c2nc3cc(C)ccn3c2C(C)CN)c(C)c1. The van der Waals surface area contributed by atoms with Crippen LogP contribution in [-0.2, 0) is 0 Å². The fraction of sp³-hybridized carbons (Fsp3) is 0.316. The van der Waals surface area contributed by atoms with Crippen molar-refractivity contribution in [3.63, 3.8) is 0 Å². The van der Waals surface area contributed by atoms with Crippen LogP contribution in [0.1, 0.15) is 35.2 Å². The quantitative estimate of drug-likeness (QED) is 0.793. The van der Waals surface area contributed by atoms with Crippen molar-refractivity contribution < 1.29 is 0 Å². The molecular formula is C19H23N3. The molecular weight excluding hydrogens is 270 g/mol. The number of hydrogen-bond acceptors (Lipinski definition) is 2. The van der Waals surface area contributed by atoms with Crippen molar-refractivity contribution in [2.45, 2.75) is 33.6 Å². The molecule has 1 unspecified atom stereocenters. The van der Waals surface area contributed by atoms with Crippen LogP contribution in [0.5, 0.6) is 0 Å². The number of aryl methyl sites for hydroxylation is 3. The van der Waals surface area contributed by atoms with E-state index in [4.69, 9.17) is 10.7 Å².